The van der Waals surface area contributed by atoms with Crippen LogP contribution in [0.15, 0.2) is 191 Å². The van der Waals surface area contributed by atoms with E-state index in [9.17, 15) is 2.74 Å². The van der Waals surface area contributed by atoms with E-state index in [-0.39, 0.29) is 45.7 Å². The molecule has 9 aromatic carbocycles. The zero-order valence-electron chi connectivity index (χ0n) is 35.5. The van der Waals surface area contributed by atoms with Crippen molar-refractivity contribution in [3.05, 3.63) is 182 Å². The minimum Gasteiger partial charge on any atom is -0.460 e. The molecule has 0 aliphatic carbocycles. The monoisotopic (exact) mass is 670 g/mol. The summed E-state index contributed by atoms with van der Waals surface area (Å²) in [5.74, 6) is 0. The van der Waals surface area contributed by atoms with Gasteiger partial charge in [0.15, 0.2) is 11.2 Å². The molecule has 0 aliphatic heterocycles. The standard InChI is InChI=1S/C50H30O2/c1-2-11-33(12-3-1)47-39-14-6-8-16-41(39)48(42-17-9-7-15-40(42)47)34-21-18-32(19-22-34)36-24-25-38-43-26-27-44-45(30-51-49(44)50(43)52-46(38)29-36)37-23-20-31-10-4-5-13-35(31)28-37/h1-30H/i6D,7D,8D,9D,14D,15D,16D,17D. The van der Waals surface area contributed by atoms with E-state index in [1.165, 1.54) is 5.39 Å². The van der Waals surface area contributed by atoms with Crippen molar-refractivity contribution in [2.75, 3.05) is 0 Å². The van der Waals surface area contributed by atoms with Crippen LogP contribution in [0.5, 0.6) is 0 Å². The lowest BCUT2D eigenvalue weighted by atomic mass is 9.86. The van der Waals surface area contributed by atoms with Gasteiger partial charge in [0, 0.05) is 21.7 Å². The number of benzene rings is 9. The van der Waals surface area contributed by atoms with Crippen molar-refractivity contribution in [3.8, 4) is 44.5 Å². The maximum Gasteiger partial charge on any atom is 0.178 e. The lowest BCUT2D eigenvalue weighted by molar-refractivity contribution is 0.600. The Hall–Kier alpha value is -6.90. The molecule has 2 aromatic heterocycles. The fourth-order valence-electron chi connectivity index (χ4n) is 7.72. The predicted molar refractivity (Wildman–Crippen MR) is 218 cm³/mol. The van der Waals surface area contributed by atoms with Gasteiger partial charge in [0.05, 0.1) is 17.2 Å². The fourth-order valence-corrected chi connectivity index (χ4v) is 7.72. The van der Waals surface area contributed by atoms with Crippen LogP contribution in [0.3, 0.4) is 0 Å². The maximum atomic E-state index is 9.19. The lowest BCUT2D eigenvalue weighted by Gasteiger charge is -2.18. The number of fused-ring (bicyclic) bond motifs is 8. The topological polar surface area (TPSA) is 26.3 Å². The normalized spacial score (nSPS) is 14.0. The molecule has 0 aliphatic rings. The summed E-state index contributed by atoms with van der Waals surface area (Å²) in [7, 11) is 0. The second kappa shape index (κ2) is 11.3. The summed E-state index contributed by atoms with van der Waals surface area (Å²) >= 11 is 0. The third-order valence-corrected chi connectivity index (χ3v) is 10.2. The molecule has 2 heterocycles. The Bertz CT molecular complexity index is 3550. The molecule has 0 atom stereocenters. The first-order chi connectivity index (χ1) is 29.1. The molecule has 2 nitrogen and oxygen atoms in total. The smallest absolute Gasteiger partial charge is 0.178 e. The first-order valence-corrected chi connectivity index (χ1v) is 17.1. The van der Waals surface area contributed by atoms with Crippen molar-refractivity contribution in [1.29, 1.82) is 0 Å². The summed E-state index contributed by atoms with van der Waals surface area (Å²) in [5, 5.41) is 5.90. The summed E-state index contributed by atoms with van der Waals surface area (Å²) < 4.78 is 84.0. The molecule has 11 rings (SSSR count). The molecule has 52 heavy (non-hydrogen) atoms. The Morgan fingerprint density at radius 2 is 0.942 bits per heavy atom. The molecule has 0 radical (unpaired) electrons. The molecule has 242 valence electrons. The minimum absolute atomic E-state index is 0.182. The van der Waals surface area contributed by atoms with Gasteiger partial charge in [-0.05, 0) is 102 Å². The first kappa shape index (κ1) is 22.0. The quantitative estimate of drug-likeness (QED) is 0.174. The van der Waals surface area contributed by atoms with Crippen LogP contribution < -0.4 is 0 Å². The van der Waals surface area contributed by atoms with Gasteiger partial charge >= 0.3 is 0 Å². The van der Waals surface area contributed by atoms with Gasteiger partial charge in [-0.1, -0.05) is 145 Å². The van der Waals surface area contributed by atoms with Crippen molar-refractivity contribution in [2.24, 2.45) is 0 Å². The molecular formula is C50H30O2. The van der Waals surface area contributed by atoms with E-state index < -0.39 is 24.2 Å². The Kier molecular flexibility index (Phi) is 4.79. The highest BCUT2D eigenvalue weighted by Gasteiger charge is 2.19. The Balaban J connectivity index is 1.07. The average Bonchev–Trinajstić information content (AvgIpc) is 3.89. The number of furan rings is 2. The molecule has 0 spiro atoms. The van der Waals surface area contributed by atoms with Gasteiger partial charge in [0.1, 0.15) is 5.58 Å². The molecule has 0 saturated carbocycles. The van der Waals surface area contributed by atoms with Crippen molar-refractivity contribution in [3.63, 3.8) is 0 Å². The van der Waals surface area contributed by atoms with Crippen molar-refractivity contribution in [1.82, 2.24) is 0 Å². The van der Waals surface area contributed by atoms with Crippen LogP contribution in [0.2, 0.25) is 0 Å². The second-order valence-corrected chi connectivity index (χ2v) is 13.0. The van der Waals surface area contributed by atoms with Gasteiger partial charge in [-0.2, -0.15) is 0 Å². The van der Waals surface area contributed by atoms with Crippen molar-refractivity contribution < 1.29 is 19.8 Å². The van der Waals surface area contributed by atoms with E-state index in [0.717, 1.165) is 43.8 Å². The molecule has 2 heteroatoms. The predicted octanol–water partition coefficient (Wildman–Crippen LogP) is 14.5. The second-order valence-electron chi connectivity index (χ2n) is 13.0. The van der Waals surface area contributed by atoms with Gasteiger partial charge < -0.3 is 8.83 Å². The molecule has 0 amide bonds. The van der Waals surface area contributed by atoms with Crippen LogP contribution in [0, 0.1) is 0 Å². The van der Waals surface area contributed by atoms with E-state index in [1.807, 2.05) is 60.7 Å². The summed E-state index contributed by atoms with van der Waals surface area (Å²) in [4.78, 5) is 0. The van der Waals surface area contributed by atoms with Crippen molar-refractivity contribution >= 4 is 65.2 Å². The van der Waals surface area contributed by atoms with E-state index in [0.29, 0.717) is 39.0 Å². The first-order valence-electron chi connectivity index (χ1n) is 21.1. The van der Waals surface area contributed by atoms with E-state index in [2.05, 4.69) is 42.5 Å². The molecule has 0 bridgehead atoms. The Morgan fingerprint density at radius 1 is 0.385 bits per heavy atom. The van der Waals surface area contributed by atoms with Crippen LogP contribution in [0.25, 0.3) is 110 Å². The third-order valence-electron chi connectivity index (χ3n) is 10.2. The maximum absolute atomic E-state index is 9.19. The third kappa shape index (κ3) is 4.38. The summed E-state index contributed by atoms with van der Waals surface area (Å²) in [6.45, 7) is 0. The number of hydrogen-bond acceptors (Lipinski definition) is 2. The van der Waals surface area contributed by atoms with E-state index in [1.54, 1.807) is 30.5 Å². The van der Waals surface area contributed by atoms with Gasteiger partial charge in [-0.15, -0.1) is 0 Å². The van der Waals surface area contributed by atoms with Crippen LogP contribution in [-0.2, 0) is 0 Å². The number of hydrogen-bond donors (Lipinski definition) is 0. The van der Waals surface area contributed by atoms with Gasteiger partial charge in [-0.25, -0.2) is 0 Å². The number of rotatable bonds is 4. The minimum atomic E-state index is -0.430. The Labute approximate surface area is 311 Å². The van der Waals surface area contributed by atoms with Gasteiger partial charge in [0.2, 0.25) is 0 Å². The van der Waals surface area contributed by atoms with Crippen molar-refractivity contribution in [2.45, 2.75) is 0 Å². The molecule has 0 saturated heterocycles. The lowest BCUT2D eigenvalue weighted by Crippen LogP contribution is -1.90. The Morgan fingerprint density at radius 3 is 1.65 bits per heavy atom. The van der Waals surface area contributed by atoms with E-state index >= 15 is 0 Å². The molecule has 0 unspecified atom stereocenters. The SMILES string of the molecule is [2H]c1c([2H])c([2H])c2c(-c3ccc(-c4ccc5c(c4)oc4c5ccc5c(-c6ccc7ccccc7c6)coc54)cc3)c3c([2H])c([2H])c([2H])c([2H])c3c(-c3ccccc3)c2c1[2H]. The summed E-state index contributed by atoms with van der Waals surface area (Å²) in [6, 6.07) is 38.4. The highest BCUT2D eigenvalue weighted by molar-refractivity contribution is 6.21. The highest BCUT2D eigenvalue weighted by atomic mass is 16.4. The van der Waals surface area contributed by atoms with Crippen LogP contribution in [0.4, 0.5) is 0 Å². The van der Waals surface area contributed by atoms with E-state index in [4.69, 9.17) is 17.1 Å². The van der Waals surface area contributed by atoms with Gasteiger partial charge in [-0.3, -0.25) is 0 Å². The largest absolute Gasteiger partial charge is 0.460 e. The summed E-state index contributed by atoms with van der Waals surface area (Å²) in [6.07, 6.45) is 1.78. The molecule has 11 aromatic rings. The fraction of sp³-hybridized carbons (Fsp3) is 0. The highest BCUT2D eigenvalue weighted by Crippen LogP contribution is 2.44. The zero-order chi connectivity index (χ0) is 41.1. The molecule has 0 N–H and O–H groups in total. The summed E-state index contributed by atoms with van der Waals surface area (Å²) in [5.41, 5.74) is 7.53. The zero-order valence-corrected chi connectivity index (χ0v) is 27.5. The molecule has 0 fully saturated rings. The molecular weight excluding hydrogens is 633 g/mol. The average molecular weight is 671 g/mol. The van der Waals surface area contributed by atoms with Crippen LogP contribution >= 0.6 is 0 Å². The van der Waals surface area contributed by atoms with Crippen LogP contribution in [-0.4, -0.2) is 0 Å². The van der Waals surface area contributed by atoms with Crippen LogP contribution in [0.1, 0.15) is 11.0 Å². The van der Waals surface area contributed by atoms with Gasteiger partial charge in [0.25, 0.3) is 0 Å².